The van der Waals surface area contributed by atoms with Crippen LogP contribution < -0.4 is 5.73 Å². The predicted molar refractivity (Wildman–Crippen MR) is 51.9 cm³/mol. The van der Waals surface area contributed by atoms with Gasteiger partial charge in [-0.3, -0.25) is 0 Å². The second kappa shape index (κ2) is 10.4. The van der Waals surface area contributed by atoms with Crippen LogP contribution in [0.5, 0.6) is 0 Å². The van der Waals surface area contributed by atoms with Gasteiger partial charge in [0, 0.05) is 19.8 Å². The van der Waals surface area contributed by atoms with Gasteiger partial charge in [-0.05, 0) is 13.3 Å². The van der Waals surface area contributed by atoms with Crippen molar-refractivity contribution in [2.45, 2.75) is 13.3 Å². The van der Waals surface area contributed by atoms with Gasteiger partial charge in [-0.25, -0.2) is 4.79 Å². The van der Waals surface area contributed by atoms with E-state index in [1.54, 1.807) is 6.92 Å². The minimum atomic E-state index is -0.324. The van der Waals surface area contributed by atoms with Gasteiger partial charge >= 0.3 is 5.97 Å². The van der Waals surface area contributed by atoms with Crippen LogP contribution in [-0.2, 0) is 19.0 Å². The number of hydrogen-bond acceptors (Lipinski definition) is 5. The van der Waals surface area contributed by atoms with Crippen molar-refractivity contribution < 1.29 is 19.0 Å². The Kier molecular flexibility index (Phi) is 9.95. The lowest BCUT2D eigenvalue weighted by atomic mass is 10.5. The minimum absolute atomic E-state index is 0.0186. The summed E-state index contributed by atoms with van der Waals surface area (Å²) in [6, 6.07) is 0. The SMILES string of the molecule is CCOC(=O)COCCCOCCN. The van der Waals surface area contributed by atoms with Crippen molar-refractivity contribution in [3.05, 3.63) is 0 Å². The molecule has 0 aliphatic rings. The van der Waals surface area contributed by atoms with Crippen molar-refractivity contribution in [3.63, 3.8) is 0 Å². The average molecular weight is 205 g/mol. The first-order valence-electron chi connectivity index (χ1n) is 4.82. The van der Waals surface area contributed by atoms with Crippen LogP contribution in [0, 0.1) is 0 Å². The van der Waals surface area contributed by atoms with Crippen molar-refractivity contribution in [3.8, 4) is 0 Å². The second-order valence-corrected chi connectivity index (χ2v) is 2.61. The molecular formula is C9H19NO4. The predicted octanol–water partition coefficient (Wildman–Crippen LogP) is -0.0685. The Labute approximate surface area is 84.5 Å². The summed E-state index contributed by atoms with van der Waals surface area (Å²) in [5.41, 5.74) is 5.23. The highest BCUT2D eigenvalue weighted by Gasteiger charge is 2.00. The molecule has 0 aromatic rings. The van der Waals surface area contributed by atoms with E-state index >= 15 is 0 Å². The molecule has 2 N–H and O–H groups in total. The normalized spacial score (nSPS) is 10.1. The Bertz CT molecular complexity index is 141. The van der Waals surface area contributed by atoms with Crippen LogP contribution in [0.2, 0.25) is 0 Å². The van der Waals surface area contributed by atoms with Gasteiger partial charge in [-0.2, -0.15) is 0 Å². The topological polar surface area (TPSA) is 70.8 Å². The average Bonchev–Trinajstić information content (AvgIpc) is 2.17. The largest absolute Gasteiger partial charge is 0.464 e. The van der Waals surface area contributed by atoms with E-state index in [1.165, 1.54) is 0 Å². The van der Waals surface area contributed by atoms with Crippen LogP contribution in [0.15, 0.2) is 0 Å². The lowest BCUT2D eigenvalue weighted by molar-refractivity contribution is -0.148. The highest BCUT2D eigenvalue weighted by molar-refractivity contribution is 5.70. The van der Waals surface area contributed by atoms with Gasteiger partial charge in [0.15, 0.2) is 0 Å². The highest BCUT2D eigenvalue weighted by Crippen LogP contribution is 1.86. The number of nitrogens with two attached hydrogens (primary N) is 1. The first-order valence-corrected chi connectivity index (χ1v) is 4.82. The third-order valence-electron chi connectivity index (χ3n) is 1.36. The fourth-order valence-electron chi connectivity index (χ4n) is 0.807. The van der Waals surface area contributed by atoms with Gasteiger partial charge in [0.1, 0.15) is 6.61 Å². The molecule has 0 spiro atoms. The summed E-state index contributed by atoms with van der Waals surface area (Å²) in [7, 11) is 0. The van der Waals surface area contributed by atoms with Gasteiger partial charge in [0.05, 0.1) is 13.2 Å². The number of esters is 1. The molecule has 0 unspecified atom stereocenters. The van der Waals surface area contributed by atoms with Gasteiger partial charge < -0.3 is 19.9 Å². The molecule has 0 aromatic heterocycles. The fourth-order valence-corrected chi connectivity index (χ4v) is 0.807. The van der Waals surface area contributed by atoms with E-state index < -0.39 is 0 Å². The van der Waals surface area contributed by atoms with Crippen molar-refractivity contribution >= 4 is 5.97 Å². The molecule has 5 heteroatoms. The molecule has 0 heterocycles. The summed E-state index contributed by atoms with van der Waals surface area (Å²) in [4.78, 5) is 10.8. The summed E-state index contributed by atoms with van der Waals surface area (Å²) in [6.45, 7) is 4.38. The lowest BCUT2D eigenvalue weighted by Gasteiger charge is -2.04. The van der Waals surface area contributed by atoms with E-state index in [-0.39, 0.29) is 12.6 Å². The van der Waals surface area contributed by atoms with Crippen LogP contribution >= 0.6 is 0 Å². The van der Waals surface area contributed by atoms with Crippen molar-refractivity contribution in [2.24, 2.45) is 5.73 Å². The molecule has 0 aliphatic carbocycles. The number of carbonyl (C=O) groups excluding carboxylic acids is 1. The molecule has 0 atom stereocenters. The monoisotopic (exact) mass is 205 g/mol. The smallest absolute Gasteiger partial charge is 0.332 e. The Morgan fingerprint density at radius 3 is 2.57 bits per heavy atom. The van der Waals surface area contributed by atoms with Crippen molar-refractivity contribution in [2.75, 3.05) is 39.6 Å². The van der Waals surface area contributed by atoms with Crippen molar-refractivity contribution in [1.29, 1.82) is 0 Å². The molecule has 0 amide bonds. The third kappa shape index (κ3) is 9.44. The zero-order chi connectivity index (χ0) is 10.6. The van der Waals surface area contributed by atoms with Gasteiger partial charge in [0.25, 0.3) is 0 Å². The molecule has 0 rings (SSSR count). The lowest BCUT2D eigenvalue weighted by Crippen LogP contribution is -2.14. The van der Waals surface area contributed by atoms with Gasteiger partial charge in [0.2, 0.25) is 0 Å². The molecule has 0 bridgehead atoms. The number of carbonyl (C=O) groups is 1. The van der Waals surface area contributed by atoms with E-state index in [4.69, 9.17) is 15.2 Å². The minimum Gasteiger partial charge on any atom is -0.464 e. The number of hydrogen-bond donors (Lipinski definition) is 1. The van der Waals surface area contributed by atoms with Crippen LogP contribution in [0.4, 0.5) is 0 Å². The molecule has 0 saturated carbocycles. The van der Waals surface area contributed by atoms with Crippen LogP contribution in [0.25, 0.3) is 0 Å². The molecule has 14 heavy (non-hydrogen) atoms. The summed E-state index contributed by atoms with van der Waals surface area (Å²) >= 11 is 0. The summed E-state index contributed by atoms with van der Waals surface area (Å²) in [5.74, 6) is -0.324. The zero-order valence-electron chi connectivity index (χ0n) is 8.66. The molecule has 0 radical (unpaired) electrons. The Hall–Kier alpha value is -0.650. The van der Waals surface area contributed by atoms with E-state index in [9.17, 15) is 4.79 Å². The number of rotatable bonds is 9. The van der Waals surface area contributed by atoms with E-state index in [1.807, 2.05) is 0 Å². The summed E-state index contributed by atoms with van der Waals surface area (Å²) < 4.78 is 14.8. The molecule has 0 fully saturated rings. The second-order valence-electron chi connectivity index (χ2n) is 2.61. The Morgan fingerprint density at radius 1 is 1.21 bits per heavy atom. The summed E-state index contributed by atoms with van der Waals surface area (Å²) in [6.07, 6.45) is 0.763. The van der Waals surface area contributed by atoms with Crippen LogP contribution in [-0.4, -0.2) is 45.5 Å². The third-order valence-corrected chi connectivity index (χ3v) is 1.36. The van der Waals surface area contributed by atoms with Gasteiger partial charge in [-0.15, -0.1) is 0 Å². The molecule has 0 aromatic carbocycles. The maximum atomic E-state index is 10.8. The highest BCUT2D eigenvalue weighted by atomic mass is 16.6. The molecule has 84 valence electrons. The summed E-state index contributed by atoms with van der Waals surface area (Å²) in [5, 5.41) is 0. The maximum absolute atomic E-state index is 10.8. The molecule has 0 saturated heterocycles. The van der Waals surface area contributed by atoms with Crippen LogP contribution in [0.1, 0.15) is 13.3 Å². The first-order chi connectivity index (χ1) is 6.81. The molecule has 5 nitrogen and oxygen atoms in total. The van der Waals surface area contributed by atoms with Gasteiger partial charge in [-0.1, -0.05) is 0 Å². The molecule has 0 aliphatic heterocycles. The van der Waals surface area contributed by atoms with E-state index in [0.29, 0.717) is 33.0 Å². The van der Waals surface area contributed by atoms with E-state index in [0.717, 1.165) is 6.42 Å². The standard InChI is InChI=1S/C9H19NO4/c1-2-14-9(11)8-13-6-3-5-12-7-4-10/h2-8,10H2,1H3. The van der Waals surface area contributed by atoms with Crippen molar-refractivity contribution in [1.82, 2.24) is 0 Å². The van der Waals surface area contributed by atoms with E-state index in [2.05, 4.69) is 4.74 Å². The fraction of sp³-hybridized carbons (Fsp3) is 0.889. The van der Waals surface area contributed by atoms with Crippen LogP contribution in [0.3, 0.4) is 0 Å². The Morgan fingerprint density at radius 2 is 1.93 bits per heavy atom. The quantitative estimate of drug-likeness (QED) is 0.421. The first kappa shape index (κ1) is 13.4. The molecular weight excluding hydrogens is 186 g/mol. The maximum Gasteiger partial charge on any atom is 0.332 e. The Balaban J connectivity index is 3.01. The zero-order valence-corrected chi connectivity index (χ0v) is 8.66. The number of ether oxygens (including phenoxy) is 3.